The summed E-state index contributed by atoms with van der Waals surface area (Å²) in [5, 5.41) is 3.06. The van der Waals surface area contributed by atoms with Crippen molar-refractivity contribution < 1.29 is 19.2 Å². The van der Waals surface area contributed by atoms with Crippen molar-refractivity contribution in [2.75, 3.05) is 6.54 Å². The fourth-order valence-corrected chi connectivity index (χ4v) is 5.49. The van der Waals surface area contributed by atoms with E-state index in [-0.39, 0.29) is 61.0 Å². The number of imide groups is 1. The summed E-state index contributed by atoms with van der Waals surface area (Å²) in [5.41, 5.74) is 1.82. The number of allylic oxidation sites excluding steroid dienone is 2. The first kappa shape index (κ1) is 28.7. The van der Waals surface area contributed by atoms with Crippen LogP contribution in [0, 0.1) is 11.8 Å². The fourth-order valence-electron chi connectivity index (χ4n) is 5.22. The SMILES string of the molecule is CC[C@@H](C)NC(=O)[C@H](Cc1ccccc1)N(Cc1ccc(Br)cc1)C(=O)CCN1C(=O)[C@H]2CC=CC[C@H]2C1=O. The standard InChI is InChI=1S/C31H36BrN3O4/c1-3-21(2)33-29(37)27(19-22-9-5-4-6-10-22)35(20-23-13-15-24(32)16-14-23)28(36)17-18-34-30(38)25-11-7-8-12-26(25)31(34)39/h4-10,13-16,21,25-27H,3,11-12,17-20H2,1-2H3,(H,33,37)/t21-,25-,26+,27+/m1/s1. The maximum atomic E-state index is 13.9. The summed E-state index contributed by atoms with van der Waals surface area (Å²) in [7, 11) is 0. The molecule has 8 heteroatoms. The van der Waals surface area contributed by atoms with Gasteiger partial charge in [-0.05, 0) is 49.4 Å². The van der Waals surface area contributed by atoms with E-state index in [0.29, 0.717) is 19.3 Å². The van der Waals surface area contributed by atoms with Gasteiger partial charge in [-0.15, -0.1) is 0 Å². The highest BCUT2D eigenvalue weighted by atomic mass is 79.9. The number of likely N-dealkylation sites (tertiary alicyclic amines) is 1. The van der Waals surface area contributed by atoms with Gasteiger partial charge in [-0.2, -0.15) is 0 Å². The highest BCUT2D eigenvalue weighted by molar-refractivity contribution is 9.10. The van der Waals surface area contributed by atoms with Crippen molar-refractivity contribution in [3.8, 4) is 0 Å². The molecule has 1 N–H and O–H groups in total. The van der Waals surface area contributed by atoms with Gasteiger partial charge in [0.05, 0.1) is 11.8 Å². The molecule has 1 aliphatic heterocycles. The van der Waals surface area contributed by atoms with Gasteiger partial charge in [-0.1, -0.05) is 77.5 Å². The molecule has 4 amide bonds. The molecular weight excluding hydrogens is 558 g/mol. The molecule has 39 heavy (non-hydrogen) atoms. The third-order valence-corrected chi connectivity index (χ3v) is 8.22. The molecule has 1 heterocycles. The van der Waals surface area contributed by atoms with Crippen LogP contribution in [0.4, 0.5) is 0 Å². The third kappa shape index (κ3) is 7.04. The molecule has 0 spiro atoms. The van der Waals surface area contributed by atoms with E-state index < -0.39 is 6.04 Å². The molecule has 4 atom stereocenters. The molecule has 206 valence electrons. The summed E-state index contributed by atoms with van der Waals surface area (Å²) in [5.74, 6) is -1.54. The maximum absolute atomic E-state index is 13.9. The summed E-state index contributed by atoms with van der Waals surface area (Å²) in [6.07, 6.45) is 6.09. The van der Waals surface area contributed by atoms with Crippen molar-refractivity contribution in [1.29, 1.82) is 0 Å². The van der Waals surface area contributed by atoms with Crippen molar-refractivity contribution in [3.63, 3.8) is 0 Å². The number of hydrogen-bond acceptors (Lipinski definition) is 4. The average molecular weight is 595 g/mol. The fraction of sp³-hybridized carbons (Fsp3) is 0.419. The molecule has 1 aliphatic carbocycles. The van der Waals surface area contributed by atoms with Crippen molar-refractivity contribution in [1.82, 2.24) is 15.1 Å². The number of hydrogen-bond donors (Lipinski definition) is 1. The minimum absolute atomic E-state index is 0.0192. The molecule has 1 fully saturated rings. The van der Waals surface area contributed by atoms with Crippen molar-refractivity contribution >= 4 is 39.6 Å². The van der Waals surface area contributed by atoms with E-state index in [4.69, 9.17) is 0 Å². The van der Waals surface area contributed by atoms with E-state index in [0.717, 1.165) is 22.0 Å². The first-order valence-electron chi connectivity index (χ1n) is 13.7. The number of rotatable bonds is 11. The van der Waals surface area contributed by atoms with Gasteiger partial charge in [0.15, 0.2) is 0 Å². The Morgan fingerprint density at radius 3 is 2.18 bits per heavy atom. The number of fused-ring (bicyclic) bond motifs is 1. The Hall–Kier alpha value is -3.26. The van der Waals surface area contributed by atoms with Crippen LogP contribution in [0.3, 0.4) is 0 Å². The Balaban J connectivity index is 1.58. The molecular formula is C31H36BrN3O4. The van der Waals surface area contributed by atoms with Crippen LogP contribution >= 0.6 is 15.9 Å². The Kier molecular flexibility index (Phi) is 9.73. The highest BCUT2D eigenvalue weighted by Gasteiger charge is 2.47. The molecule has 4 rings (SSSR count). The highest BCUT2D eigenvalue weighted by Crippen LogP contribution is 2.35. The largest absolute Gasteiger partial charge is 0.352 e. The maximum Gasteiger partial charge on any atom is 0.243 e. The number of carbonyl (C=O) groups excluding carboxylic acids is 4. The van der Waals surface area contributed by atoms with Gasteiger partial charge in [0.1, 0.15) is 6.04 Å². The van der Waals surface area contributed by atoms with E-state index >= 15 is 0 Å². The van der Waals surface area contributed by atoms with Gasteiger partial charge >= 0.3 is 0 Å². The second kappa shape index (κ2) is 13.2. The number of amides is 4. The van der Waals surface area contributed by atoms with Crippen LogP contribution in [0.5, 0.6) is 0 Å². The van der Waals surface area contributed by atoms with E-state index in [9.17, 15) is 19.2 Å². The predicted octanol–water partition coefficient (Wildman–Crippen LogP) is 4.65. The van der Waals surface area contributed by atoms with Gasteiger partial charge in [-0.25, -0.2) is 0 Å². The quantitative estimate of drug-likeness (QED) is 0.303. The van der Waals surface area contributed by atoms with Crippen LogP contribution in [0.25, 0.3) is 0 Å². The Bertz CT molecular complexity index is 1190. The van der Waals surface area contributed by atoms with Crippen LogP contribution < -0.4 is 5.32 Å². The smallest absolute Gasteiger partial charge is 0.243 e. The molecule has 0 unspecified atom stereocenters. The van der Waals surface area contributed by atoms with Gasteiger partial charge < -0.3 is 10.2 Å². The number of nitrogens with zero attached hydrogens (tertiary/aromatic N) is 2. The molecule has 0 aromatic heterocycles. The zero-order valence-corrected chi connectivity index (χ0v) is 24.1. The number of halogens is 1. The third-order valence-electron chi connectivity index (χ3n) is 7.69. The van der Waals surface area contributed by atoms with Crippen molar-refractivity contribution in [3.05, 3.63) is 82.3 Å². The monoisotopic (exact) mass is 593 g/mol. The molecule has 2 aliphatic rings. The van der Waals surface area contributed by atoms with Gasteiger partial charge in [0.25, 0.3) is 0 Å². The van der Waals surface area contributed by atoms with E-state index in [1.165, 1.54) is 4.90 Å². The molecule has 2 aromatic carbocycles. The molecule has 0 saturated carbocycles. The Morgan fingerprint density at radius 1 is 0.974 bits per heavy atom. The second-order valence-corrected chi connectivity index (χ2v) is 11.3. The lowest BCUT2D eigenvalue weighted by atomic mass is 9.85. The molecule has 7 nitrogen and oxygen atoms in total. The summed E-state index contributed by atoms with van der Waals surface area (Å²) in [4.78, 5) is 56.3. The van der Waals surface area contributed by atoms with Crippen LogP contribution in [0.1, 0.15) is 50.7 Å². The average Bonchev–Trinajstić information content (AvgIpc) is 3.19. The van der Waals surface area contributed by atoms with E-state index in [2.05, 4.69) is 21.2 Å². The summed E-state index contributed by atoms with van der Waals surface area (Å²) >= 11 is 3.45. The van der Waals surface area contributed by atoms with E-state index in [1.807, 2.05) is 80.6 Å². The molecule has 0 bridgehead atoms. The second-order valence-electron chi connectivity index (χ2n) is 10.4. The van der Waals surface area contributed by atoms with Crippen molar-refractivity contribution in [2.24, 2.45) is 11.8 Å². The van der Waals surface area contributed by atoms with Crippen LogP contribution in [-0.2, 0) is 32.1 Å². The summed E-state index contributed by atoms with van der Waals surface area (Å²) in [6, 6.07) is 16.5. The first-order valence-corrected chi connectivity index (χ1v) is 14.5. The molecule has 0 radical (unpaired) electrons. The lowest BCUT2D eigenvalue weighted by molar-refractivity contribution is -0.144. The van der Waals surface area contributed by atoms with Crippen LogP contribution in [0.15, 0.2) is 71.2 Å². The topological polar surface area (TPSA) is 86.8 Å². The molecule has 1 saturated heterocycles. The molecule has 2 aromatic rings. The Morgan fingerprint density at radius 2 is 1.59 bits per heavy atom. The van der Waals surface area contributed by atoms with Gasteiger partial charge in [-0.3, -0.25) is 24.1 Å². The van der Waals surface area contributed by atoms with Gasteiger partial charge in [0.2, 0.25) is 23.6 Å². The van der Waals surface area contributed by atoms with Crippen molar-refractivity contribution in [2.45, 2.75) is 64.6 Å². The number of benzene rings is 2. The normalized spacial score (nSPS) is 19.9. The number of nitrogens with one attached hydrogen (secondary N) is 1. The zero-order valence-electron chi connectivity index (χ0n) is 22.5. The van der Waals surface area contributed by atoms with E-state index in [1.54, 1.807) is 4.90 Å². The van der Waals surface area contributed by atoms with Gasteiger partial charge in [0, 0.05) is 36.4 Å². The summed E-state index contributed by atoms with van der Waals surface area (Å²) in [6.45, 7) is 4.19. The first-order chi connectivity index (χ1) is 18.8. The minimum atomic E-state index is -0.755. The predicted molar refractivity (Wildman–Crippen MR) is 153 cm³/mol. The lowest BCUT2D eigenvalue weighted by Gasteiger charge is -2.33. The summed E-state index contributed by atoms with van der Waals surface area (Å²) < 4.78 is 0.918. The Labute approximate surface area is 238 Å². The lowest BCUT2D eigenvalue weighted by Crippen LogP contribution is -2.52. The zero-order chi connectivity index (χ0) is 27.9. The van der Waals surface area contributed by atoms with Crippen LogP contribution in [-0.4, -0.2) is 52.1 Å². The number of carbonyl (C=O) groups is 4. The van der Waals surface area contributed by atoms with Crippen LogP contribution in [0.2, 0.25) is 0 Å². The minimum Gasteiger partial charge on any atom is -0.352 e.